The van der Waals surface area contributed by atoms with Gasteiger partial charge in [-0.05, 0) is 30.6 Å². The van der Waals surface area contributed by atoms with E-state index in [1.54, 1.807) is 0 Å². The lowest BCUT2D eigenvalue weighted by atomic mass is 9.52. The minimum Gasteiger partial charge on any atom is -0.396 e. The summed E-state index contributed by atoms with van der Waals surface area (Å²) in [6.07, 6.45) is 0.813. The van der Waals surface area contributed by atoms with Crippen LogP contribution in [0.15, 0.2) is 11.1 Å². The summed E-state index contributed by atoms with van der Waals surface area (Å²) in [4.78, 5) is 12.8. The lowest BCUT2D eigenvalue weighted by Gasteiger charge is -2.58. The maximum Gasteiger partial charge on any atom is 0.198 e. The van der Waals surface area contributed by atoms with Crippen LogP contribution in [-0.4, -0.2) is 57.4 Å². The monoisotopic (exact) mass is 366 g/mol. The van der Waals surface area contributed by atoms with E-state index in [0.717, 1.165) is 12.0 Å². The van der Waals surface area contributed by atoms with Gasteiger partial charge in [-0.3, -0.25) is 4.79 Å². The molecule has 4 aliphatic rings. The molecule has 6 nitrogen and oxygen atoms in total. The minimum absolute atomic E-state index is 0.0871. The number of aliphatic hydroxyl groups excluding tert-OH is 3. The van der Waals surface area contributed by atoms with E-state index < -0.39 is 29.3 Å². The molecule has 3 fully saturated rings. The van der Waals surface area contributed by atoms with Crippen LogP contribution in [0.25, 0.3) is 0 Å². The van der Waals surface area contributed by atoms with Gasteiger partial charge in [0.1, 0.15) is 6.10 Å². The molecule has 2 saturated heterocycles. The highest BCUT2D eigenvalue weighted by Gasteiger charge is 2.71. The van der Waals surface area contributed by atoms with E-state index in [4.69, 9.17) is 4.74 Å². The Balaban J connectivity index is 1.88. The van der Waals surface area contributed by atoms with Crippen molar-refractivity contribution in [1.82, 2.24) is 0 Å². The molecule has 146 valence electrons. The van der Waals surface area contributed by atoms with Gasteiger partial charge in [0, 0.05) is 35.9 Å². The van der Waals surface area contributed by atoms with Gasteiger partial charge in [-0.15, -0.1) is 0 Å². The van der Waals surface area contributed by atoms with E-state index in [2.05, 4.69) is 6.92 Å². The maximum absolute atomic E-state index is 12.8. The highest BCUT2D eigenvalue weighted by Crippen LogP contribution is 2.68. The van der Waals surface area contributed by atoms with Crippen molar-refractivity contribution in [3.63, 3.8) is 0 Å². The van der Waals surface area contributed by atoms with Gasteiger partial charge in [-0.2, -0.15) is 0 Å². The summed E-state index contributed by atoms with van der Waals surface area (Å²) >= 11 is 0. The number of carbonyl (C=O) groups is 1. The van der Waals surface area contributed by atoms with Crippen molar-refractivity contribution < 1.29 is 30.0 Å². The Labute approximate surface area is 153 Å². The zero-order valence-corrected chi connectivity index (χ0v) is 15.7. The number of carbonyl (C=O) groups excluding carboxylic acids is 1. The molecule has 1 unspecified atom stereocenters. The van der Waals surface area contributed by atoms with Crippen molar-refractivity contribution in [2.24, 2.45) is 28.6 Å². The van der Waals surface area contributed by atoms with Gasteiger partial charge < -0.3 is 25.2 Å². The molecule has 4 rings (SSSR count). The second kappa shape index (κ2) is 5.61. The molecule has 2 aliphatic heterocycles. The standard InChI is InChI=1S/C20H30O6/c1-10(8-21)15-13(23)7-18(2)4-5-19(3)12(16(15)18)6-14-11(9-22)17(24)20(19,25)26-14/h10-12,14,17,21-22,24-25H,4-9H2,1-3H3/t10?,11-,12-,14-,17-,18+,19-,20-/m1/s1. The molecule has 2 bridgehead atoms. The first kappa shape index (κ1) is 18.6. The summed E-state index contributed by atoms with van der Waals surface area (Å²) < 4.78 is 5.89. The number of allylic oxidation sites excluding steroid dienone is 1. The molecule has 2 heterocycles. The molecule has 8 atom stereocenters. The molecule has 4 N–H and O–H groups in total. The first-order chi connectivity index (χ1) is 12.1. The summed E-state index contributed by atoms with van der Waals surface area (Å²) in [5, 5.41) is 41.5. The Morgan fingerprint density at radius 3 is 2.58 bits per heavy atom. The average molecular weight is 366 g/mol. The lowest BCUT2D eigenvalue weighted by molar-refractivity contribution is -0.328. The number of hydrogen-bond donors (Lipinski definition) is 4. The normalized spacial score (nSPS) is 51.4. The second-order valence-electron chi connectivity index (χ2n) is 9.42. The van der Waals surface area contributed by atoms with Gasteiger partial charge in [0.05, 0.1) is 12.7 Å². The summed E-state index contributed by atoms with van der Waals surface area (Å²) in [5.41, 5.74) is 0.778. The van der Waals surface area contributed by atoms with Crippen molar-refractivity contribution in [1.29, 1.82) is 0 Å². The van der Waals surface area contributed by atoms with Gasteiger partial charge >= 0.3 is 0 Å². The van der Waals surface area contributed by atoms with Crippen molar-refractivity contribution in [2.45, 2.75) is 64.4 Å². The van der Waals surface area contributed by atoms with E-state index in [1.165, 1.54) is 0 Å². The van der Waals surface area contributed by atoms with Gasteiger partial charge in [0.25, 0.3) is 0 Å². The molecule has 1 saturated carbocycles. The number of ketones is 1. The topological polar surface area (TPSA) is 107 Å². The fraction of sp³-hybridized carbons (Fsp3) is 0.850. The van der Waals surface area contributed by atoms with Crippen LogP contribution >= 0.6 is 0 Å². The Morgan fingerprint density at radius 1 is 1.27 bits per heavy atom. The lowest BCUT2D eigenvalue weighted by Crippen LogP contribution is -2.62. The molecular formula is C20H30O6. The molecule has 6 heteroatoms. The molecule has 0 aromatic heterocycles. The van der Waals surface area contributed by atoms with E-state index >= 15 is 0 Å². The predicted octanol–water partition coefficient (Wildman–Crippen LogP) is 0.767. The van der Waals surface area contributed by atoms with Crippen LogP contribution in [0.3, 0.4) is 0 Å². The van der Waals surface area contributed by atoms with Gasteiger partial charge in [0.2, 0.25) is 0 Å². The van der Waals surface area contributed by atoms with Gasteiger partial charge in [-0.1, -0.05) is 26.3 Å². The summed E-state index contributed by atoms with van der Waals surface area (Å²) in [6.45, 7) is 5.58. The minimum atomic E-state index is -1.72. The van der Waals surface area contributed by atoms with E-state index in [1.807, 2.05) is 13.8 Å². The van der Waals surface area contributed by atoms with Crippen LogP contribution in [0.4, 0.5) is 0 Å². The fourth-order valence-electron chi connectivity index (χ4n) is 6.34. The van der Waals surface area contributed by atoms with E-state index in [-0.39, 0.29) is 36.2 Å². The molecular weight excluding hydrogens is 336 g/mol. The average Bonchev–Trinajstić information content (AvgIpc) is 2.98. The highest BCUT2D eigenvalue weighted by atomic mass is 16.7. The van der Waals surface area contributed by atoms with Crippen LogP contribution in [0.2, 0.25) is 0 Å². The third kappa shape index (κ3) is 2.02. The van der Waals surface area contributed by atoms with Crippen LogP contribution in [0.1, 0.15) is 46.5 Å². The van der Waals surface area contributed by atoms with Crippen molar-refractivity contribution in [3.8, 4) is 0 Å². The second-order valence-corrected chi connectivity index (χ2v) is 9.42. The van der Waals surface area contributed by atoms with Crippen molar-refractivity contribution in [2.75, 3.05) is 13.2 Å². The molecule has 0 amide bonds. The van der Waals surface area contributed by atoms with Gasteiger partial charge in [-0.25, -0.2) is 0 Å². The zero-order chi connectivity index (χ0) is 19.1. The smallest absolute Gasteiger partial charge is 0.198 e. The summed E-state index contributed by atoms with van der Waals surface area (Å²) in [6, 6.07) is 0. The van der Waals surface area contributed by atoms with Crippen molar-refractivity contribution >= 4 is 5.78 Å². The fourth-order valence-corrected chi connectivity index (χ4v) is 6.34. The van der Waals surface area contributed by atoms with E-state index in [9.17, 15) is 25.2 Å². The number of rotatable bonds is 3. The third-order valence-electron chi connectivity index (χ3n) is 7.98. The molecule has 0 spiro atoms. The maximum atomic E-state index is 12.8. The molecule has 26 heavy (non-hydrogen) atoms. The zero-order valence-electron chi connectivity index (χ0n) is 15.7. The molecule has 2 aliphatic carbocycles. The first-order valence-electron chi connectivity index (χ1n) is 9.70. The number of fused-ring (bicyclic) bond motifs is 6. The first-order valence-corrected chi connectivity index (χ1v) is 9.70. The highest BCUT2D eigenvalue weighted by molar-refractivity contribution is 6.00. The number of ether oxygens (including phenoxy) is 1. The summed E-state index contributed by atoms with van der Waals surface area (Å²) in [7, 11) is 0. The third-order valence-corrected chi connectivity index (χ3v) is 7.98. The predicted molar refractivity (Wildman–Crippen MR) is 92.9 cm³/mol. The molecule has 0 aromatic rings. The quantitative estimate of drug-likeness (QED) is 0.588. The van der Waals surface area contributed by atoms with Crippen LogP contribution in [-0.2, 0) is 9.53 Å². The number of Topliss-reactive ketones (excluding diaryl/α,β-unsaturated/α-hetero) is 1. The molecule has 0 radical (unpaired) electrons. The Morgan fingerprint density at radius 2 is 1.96 bits per heavy atom. The van der Waals surface area contributed by atoms with Crippen LogP contribution in [0.5, 0.6) is 0 Å². The number of hydrogen-bond acceptors (Lipinski definition) is 6. The van der Waals surface area contributed by atoms with E-state index in [0.29, 0.717) is 24.8 Å². The molecule has 0 aromatic carbocycles. The van der Waals surface area contributed by atoms with Crippen LogP contribution in [0, 0.1) is 28.6 Å². The Hall–Kier alpha value is -0.790. The van der Waals surface area contributed by atoms with Crippen molar-refractivity contribution in [3.05, 3.63) is 11.1 Å². The number of aliphatic hydroxyl groups is 4. The van der Waals surface area contributed by atoms with Gasteiger partial charge in [0.15, 0.2) is 11.6 Å². The largest absolute Gasteiger partial charge is 0.396 e. The Bertz CT molecular complexity index is 673. The Kier molecular flexibility index (Phi) is 4.01. The SMILES string of the molecule is CC(CO)C1=C2[C@H]3C[C@H]4O[C@](O)([C@H](O)[C@@H]4CO)[C@]3(C)CC[C@@]2(C)CC1=O. The van der Waals surface area contributed by atoms with Crippen LogP contribution < -0.4 is 0 Å². The summed E-state index contributed by atoms with van der Waals surface area (Å²) in [5.74, 6) is -2.49.